The molecule has 7 heteroatoms. The molecule has 2 aromatic carbocycles. The van der Waals surface area contributed by atoms with Crippen LogP contribution >= 0.6 is 11.6 Å². The van der Waals surface area contributed by atoms with Crippen LogP contribution in [-0.4, -0.2) is 11.7 Å². The van der Waals surface area contributed by atoms with E-state index in [9.17, 15) is 14.0 Å². The Morgan fingerprint density at radius 2 is 1.97 bits per heavy atom. The largest absolute Gasteiger partial charge is 0.372 e. The Bertz CT molecular complexity index is 1060. The predicted molar refractivity (Wildman–Crippen MR) is 111 cm³/mol. The molecule has 1 atom stereocenters. The summed E-state index contributed by atoms with van der Waals surface area (Å²) < 4.78 is 14.8. The molecular weight excluding hydrogens is 393 g/mol. The van der Waals surface area contributed by atoms with Crippen molar-refractivity contribution in [3.05, 3.63) is 69.6 Å². The summed E-state index contributed by atoms with van der Waals surface area (Å²) in [7, 11) is 0. The van der Waals surface area contributed by atoms with Crippen LogP contribution in [0, 0.1) is 11.2 Å². The Balaban J connectivity index is 1.94. The normalized spacial score (nSPS) is 20.1. The third-order valence-electron chi connectivity index (χ3n) is 5.39. The van der Waals surface area contributed by atoms with E-state index in [2.05, 4.69) is 10.6 Å². The molecule has 2 aliphatic rings. The van der Waals surface area contributed by atoms with E-state index in [1.807, 2.05) is 13.8 Å². The summed E-state index contributed by atoms with van der Waals surface area (Å²) in [6, 6.07) is 8.58. The summed E-state index contributed by atoms with van der Waals surface area (Å²) in [6.07, 6.45) is 0.968. The summed E-state index contributed by atoms with van der Waals surface area (Å²) in [5, 5.41) is 6.79. The van der Waals surface area contributed by atoms with Crippen molar-refractivity contribution in [3.63, 3.8) is 0 Å². The Morgan fingerprint density at radius 1 is 1.21 bits per heavy atom. The van der Waals surface area contributed by atoms with Crippen molar-refractivity contribution >= 4 is 34.7 Å². The van der Waals surface area contributed by atoms with Crippen molar-refractivity contribution in [2.24, 2.45) is 11.1 Å². The number of nitrogens with two attached hydrogens (primary N) is 1. The van der Waals surface area contributed by atoms with E-state index in [-0.39, 0.29) is 21.8 Å². The smallest absolute Gasteiger partial charge is 0.248 e. The lowest BCUT2D eigenvalue weighted by Crippen LogP contribution is -2.31. The highest BCUT2D eigenvalue weighted by molar-refractivity contribution is 6.31. The van der Waals surface area contributed by atoms with Gasteiger partial charge in [-0.05, 0) is 42.2 Å². The lowest BCUT2D eigenvalue weighted by Gasteiger charge is -2.34. The Labute approximate surface area is 173 Å². The third kappa shape index (κ3) is 3.49. The number of ketones is 1. The zero-order valence-corrected chi connectivity index (χ0v) is 16.9. The fourth-order valence-corrected chi connectivity index (χ4v) is 4.37. The molecule has 0 fully saturated rings. The number of Topliss-reactive ketones (excluding diaryl/α,β-unsaturated/α-hetero) is 1. The molecule has 1 unspecified atom stereocenters. The highest BCUT2D eigenvalue weighted by Crippen LogP contribution is 2.47. The number of benzene rings is 2. The first-order valence-corrected chi connectivity index (χ1v) is 9.72. The highest BCUT2D eigenvalue weighted by atomic mass is 35.5. The van der Waals surface area contributed by atoms with Gasteiger partial charge < -0.3 is 16.4 Å². The molecule has 0 saturated heterocycles. The van der Waals surface area contributed by atoms with Crippen LogP contribution in [0.4, 0.5) is 15.8 Å². The van der Waals surface area contributed by atoms with Gasteiger partial charge in [-0.15, -0.1) is 0 Å². The number of allylic oxidation sites excluding steroid dienone is 1. The molecule has 1 heterocycles. The summed E-state index contributed by atoms with van der Waals surface area (Å²) in [4.78, 5) is 24.8. The quantitative estimate of drug-likeness (QED) is 0.660. The van der Waals surface area contributed by atoms with Crippen LogP contribution in [0.25, 0.3) is 0 Å². The average molecular weight is 414 g/mol. The third-order valence-corrected chi connectivity index (χ3v) is 5.72. The first kappa shape index (κ1) is 19.5. The van der Waals surface area contributed by atoms with Crippen LogP contribution in [0.1, 0.15) is 48.7 Å². The Kier molecular flexibility index (Phi) is 4.62. The van der Waals surface area contributed by atoms with Gasteiger partial charge in [-0.2, -0.15) is 0 Å². The molecule has 0 radical (unpaired) electrons. The number of hydrogen-bond donors (Lipinski definition) is 3. The maximum atomic E-state index is 14.8. The number of nitrogens with one attached hydrogen (secondary N) is 2. The van der Waals surface area contributed by atoms with Gasteiger partial charge in [0.15, 0.2) is 5.78 Å². The standard InChI is InChI=1S/C22H21ClFN3O2/c1-22(2)9-16-19(17(28)10-22)20(18-12(23)4-3-5-13(18)24)27-15-8-11(21(25)29)6-7-14(15)26-16/h3-8,20,26-27H,9-10H2,1-2H3,(H2,25,29). The fraction of sp³-hybridized carbons (Fsp3) is 0.273. The molecule has 0 spiro atoms. The minimum atomic E-state index is -0.792. The second-order valence-corrected chi connectivity index (χ2v) is 8.70. The number of rotatable bonds is 2. The molecule has 150 valence electrons. The predicted octanol–water partition coefficient (Wildman–Crippen LogP) is 4.80. The Morgan fingerprint density at radius 3 is 2.66 bits per heavy atom. The first-order chi connectivity index (χ1) is 13.7. The number of carbonyl (C=O) groups is 2. The van der Waals surface area contributed by atoms with Crippen LogP contribution in [0.5, 0.6) is 0 Å². The number of carbonyl (C=O) groups excluding carboxylic acids is 2. The summed E-state index contributed by atoms with van der Waals surface area (Å²) in [5.41, 5.74) is 8.13. The minimum absolute atomic E-state index is 0.0662. The van der Waals surface area contributed by atoms with Gasteiger partial charge in [0.1, 0.15) is 5.82 Å². The topological polar surface area (TPSA) is 84.2 Å². The van der Waals surface area contributed by atoms with E-state index in [4.69, 9.17) is 17.3 Å². The zero-order valence-electron chi connectivity index (χ0n) is 16.1. The molecule has 5 nitrogen and oxygen atoms in total. The van der Waals surface area contributed by atoms with Crippen molar-refractivity contribution in [1.29, 1.82) is 0 Å². The summed E-state index contributed by atoms with van der Waals surface area (Å²) in [6.45, 7) is 4.05. The van der Waals surface area contributed by atoms with Crippen molar-refractivity contribution < 1.29 is 14.0 Å². The molecule has 1 amide bonds. The SMILES string of the molecule is CC1(C)CC(=O)C2=C(C1)Nc1ccc(C(N)=O)cc1NC2c1c(F)cccc1Cl. The molecule has 1 aliphatic carbocycles. The number of halogens is 2. The van der Waals surface area contributed by atoms with Gasteiger partial charge >= 0.3 is 0 Å². The van der Waals surface area contributed by atoms with Crippen LogP contribution in [0.3, 0.4) is 0 Å². The molecule has 0 saturated carbocycles. The second-order valence-electron chi connectivity index (χ2n) is 8.30. The number of hydrogen-bond acceptors (Lipinski definition) is 4. The van der Waals surface area contributed by atoms with E-state index in [1.165, 1.54) is 12.1 Å². The Hall–Kier alpha value is -2.86. The van der Waals surface area contributed by atoms with Crippen molar-refractivity contribution in [2.45, 2.75) is 32.7 Å². The van der Waals surface area contributed by atoms with Gasteiger partial charge in [0.05, 0.1) is 17.4 Å². The van der Waals surface area contributed by atoms with E-state index in [0.29, 0.717) is 35.4 Å². The number of primary amides is 1. The highest BCUT2D eigenvalue weighted by Gasteiger charge is 2.40. The van der Waals surface area contributed by atoms with Gasteiger partial charge in [0.2, 0.25) is 5.91 Å². The minimum Gasteiger partial charge on any atom is -0.372 e. The van der Waals surface area contributed by atoms with Crippen molar-refractivity contribution in [3.8, 4) is 0 Å². The van der Waals surface area contributed by atoms with Crippen LogP contribution in [-0.2, 0) is 4.79 Å². The average Bonchev–Trinajstić information content (AvgIpc) is 2.76. The van der Waals surface area contributed by atoms with Gasteiger partial charge in [0.25, 0.3) is 0 Å². The van der Waals surface area contributed by atoms with Crippen molar-refractivity contribution in [1.82, 2.24) is 0 Å². The first-order valence-electron chi connectivity index (χ1n) is 9.34. The second kappa shape index (κ2) is 6.88. The molecule has 0 bridgehead atoms. The van der Waals surface area contributed by atoms with Crippen LogP contribution in [0.2, 0.25) is 5.02 Å². The lowest BCUT2D eigenvalue weighted by atomic mass is 9.73. The molecule has 1 aliphatic heterocycles. The maximum absolute atomic E-state index is 14.8. The zero-order chi connectivity index (χ0) is 20.9. The van der Waals surface area contributed by atoms with Gasteiger partial charge in [-0.1, -0.05) is 31.5 Å². The van der Waals surface area contributed by atoms with E-state index < -0.39 is 17.8 Å². The lowest BCUT2D eigenvalue weighted by molar-refractivity contribution is -0.118. The van der Waals surface area contributed by atoms with E-state index >= 15 is 0 Å². The van der Waals surface area contributed by atoms with Crippen molar-refractivity contribution in [2.75, 3.05) is 10.6 Å². The molecule has 29 heavy (non-hydrogen) atoms. The van der Waals surface area contributed by atoms with Crippen LogP contribution < -0.4 is 16.4 Å². The fourth-order valence-electron chi connectivity index (χ4n) is 4.10. The maximum Gasteiger partial charge on any atom is 0.248 e. The summed E-state index contributed by atoms with van der Waals surface area (Å²) >= 11 is 6.35. The summed E-state index contributed by atoms with van der Waals surface area (Å²) in [5.74, 6) is -1.15. The van der Waals surface area contributed by atoms with Gasteiger partial charge in [-0.3, -0.25) is 9.59 Å². The van der Waals surface area contributed by atoms with E-state index in [1.54, 1.807) is 24.3 Å². The number of anilines is 2. The molecule has 0 aromatic heterocycles. The monoisotopic (exact) mass is 413 g/mol. The van der Waals surface area contributed by atoms with Gasteiger partial charge in [0, 0.05) is 33.8 Å². The van der Waals surface area contributed by atoms with Gasteiger partial charge in [-0.25, -0.2) is 4.39 Å². The molecular formula is C22H21ClFN3O2. The van der Waals surface area contributed by atoms with Crippen LogP contribution in [0.15, 0.2) is 47.7 Å². The molecule has 4 N–H and O–H groups in total. The number of amides is 1. The number of fused-ring (bicyclic) bond motifs is 1. The molecule has 4 rings (SSSR count). The van der Waals surface area contributed by atoms with E-state index in [0.717, 1.165) is 5.70 Å². The molecule has 2 aromatic rings.